The molecule has 0 amide bonds. The number of hydrogen-bond donors (Lipinski definition) is 2. The Morgan fingerprint density at radius 3 is 2.94 bits per heavy atom. The molecule has 0 radical (unpaired) electrons. The van der Waals surface area contributed by atoms with Gasteiger partial charge in [-0.2, -0.15) is 0 Å². The lowest BCUT2D eigenvalue weighted by atomic mass is 9.87. The molecule has 0 atom stereocenters. The standard InChI is InChI=1S/C25H30N2O4/c1-2-3-4-9-23(21-8-6-14-26-17-21)27-31-15-13-19-11-12-22-20(16-19)7-5-10-24(22)30-18-25(28)29/h5-10,13-14,17,27H,2-4,11-12,15-16,18H2,1H3,(H,28,29). The van der Waals surface area contributed by atoms with Crippen LogP contribution in [0.1, 0.15) is 49.3 Å². The zero-order valence-corrected chi connectivity index (χ0v) is 18.0. The fraction of sp³-hybridized carbons (Fsp3) is 0.360. The van der Waals surface area contributed by atoms with Crippen molar-refractivity contribution in [3.05, 3.63) is 77.1 Å². The van der Waals surface area contributed by atoms with Crippen molar-refractivity contribution in [2.75, 3.05) is 13.2 Å². The lowest BCUT2D eigenvalue weighted by Crippen LogP contribution is -2.15. The van der Waals surface area contributed by atoms with Gasteiger partial charge in [-0.3, -0.25) is 15.3 Å². The third-order valence-electron chi connectivity index (χ3n) is 5.21. The molecule has 2 N–H and O–H groups in total. The summed E-state index contributed by atoms with van der Waals surface area (Å²) in [6.07, 6.45) is 13.7. The summed E-state index contributed by atoms with van der Waals surface area (Å²) in [5.41, 5.74) is 8.64. The van der Waals surface area contributed by atoms with Crippen molar-refractivity contribution in [2.24, 2.45) is 0 Å². The van der Waals surface area contributed by atoms with Gasteiger partial charge in [0.25, 0.3) is 0 Å². The average molecular weight is 423 g/mol. The fourth-order valence-corrected chi connectivity index (χ4v) is 3.60. The van der Waals surface area contributed by atoms with E-state index in [0.29, 0.717) is 12.4 Å². The predicted molar refractivity (Wildman–Crippen MR) is 121 cm³/mol. The molecule has 3 rings (SSSR count). The highest BCUT2D eigenvalue weighted by Crippen LogP contribution is 2.31. The van der Waals surface area contributed by atoms with Crippen LogP contribution in [0.4, 0.5) is 0 Å². The Hall–Kier alpha value is -3.12. The Morgan fingerprint density at radius 1 is 1.26 bits per heavy atom. The van der Waals surface area contributed by atoms with Crippen molar-refractivity contribution in [3.8, 4) is 5.75 Å². The van der Waals surface area contributed by atoms with Gasteiger partial charge in [-0.05, 0) is 61.4 Å². The summed E-state index contributed by atoms with van der Waals surface area (Å²) in [7, 11) is 0. The van der Waals surface area contributed by atoms with E-state index in [1.807, 2.05) is 30.5 Å². The van der Waals surface area contributed by atoms with Crippen LogP contribution >= 0.6 is 0 Å². The molecule has 0 bridgehead atoms. The molecule has 6 nitrogen and oxygen atoms in total. The first-order chi connectivity index (χ1) is 15.2. The molecule has 6 heteroatoms. The fourth-order valence-electron chi connectivity index (χ4n) is 3.60. The third-order valence-corrected chi connectivity index (χ3v) is 5.21. The summed E-state index contributed by atoms with van der Waals surface area (Å²) < 4.78 is 5.44. The van der Waals surface area contributed by atoms with E-state index < -0.39 is 5.97 Å². The van der Waals surface area contributed by atoms with Crippen molar-refractivity contribution < 1.29 is 19.5 Å². The maximum Gasteiger partial charge on any atom is 0.341 e. The second-order valence-electron chi connectivity index (χ2n) is 7.53. The molecule has 164 valence electrons. The predicted octanol–water partition coefficient (Wildman–Crippen LogP) is 4.71. The zero-order chi connectivity index (χ0) is 21.9. The molecular formula is C25H30N2O4. The second-order valence-corrected chi connectivity index (χ2v) is 7.53. The first-order valence-electron chi connectivity index (χ1n) is 10.8. The number of hydrogen-bond acceptors (Lipinski definition) is 5. The molecule has 2 aromatic rings. The monoisotopic (exact) mass is 422 g/mol. The SMILES string of the molecule is CCCCC=C(NOCC=C1CCc2c(cccc2OCC(=O)O)C1)c1cccnc1. The molecule has 31 heavy (non-hydrogen) atoms. The number of pyridine rings is 1. The number of fused-ring (bicyclic) bond motifs is 1. The molecule has 0 fully saturated rings. The molecule has 1 heterocycles. The Bertz CT molecular complexity index is 922. The molecule has 1 aromatic heterocycles. The minimum Gasteiger partial charge on any atom is -0.482 e. The number of allylic oxidation sites excluding steroid dienone is 2. The highest BCUT2D eigenvalue weighted by molar-refractivity contribution is 5.68. The quantitative estimate of drug-likeness (QED) is 0.310. The number of rotatable bonds is 11. The third kappa shape index (κ3) is 6.96. The van der Waals surface area contributed by atoms with Gasteiger partial charge in [0, 0.05) is 18.0 Å². The highest BCUT2D eigenvalue weighted by atomic mass is 16.6. The molecule has 0 unspecified atom stereocenters. The van der Waals surface area contributed by atoms with Gasteiger partial charge in [0.15, 0.2) is 6.61 Å². The Kier molecular flexibility index (Phi) is 8.67. The van der Waals surface area contributed by atoms with Crippen LogP contribution in [0.25, 0.3) is 5.70 Å². The number of aromatic nitrogens is 1. The maximum absolute atomic E-state index is 10.8. The molecule has 0 spiro atoms. The minimum atomic E-state index is -0.965. The van der Waals surface area contributed by atoms with E-state index in [2.05, 4.69) is 35.6 Å². The number of carbonyl (C=O) groups is 1. The molecule has 0 saturated carbocycles. The molecule has 1 aliphatic carbocycles. The zero-order valence-electron chi connectivity index (χ0n) is 18.0. The van der Waals surface area contributed by atoms with Gasteiger partial charge in [0.1, 0.15) is 5.75 Å². The van der Waals surface area contributed by atoms with E-state index in [4.69, 9.17) is 14.7 Å². The summed E-state index contributed by atoms with van der Waals surface area (Å²) in [5, 5.41) is 8.85. The smallest absolute Gasteiger partial charge is 0.341 e. The van der Waals surface area contributed by atoms with Gasteiger partial charge < -0.3 is 9.84 Å². The summed E-state index contributed by atoms with van der Waals surface area (Å²) >= 11 is 0. The van der Waals surface area contributed by atoms with Crippen LogP contribution in [-0.2, 0) is 22.5 Å². The van der Waals surface area contributed by atoms with Gasteiger partial charge in [0.05, 0.1) is 12.3 Å². The molecule has 1 aromatic carbocycles. The number of carboxylic acids is 1. The number of benzene rings is 1. The summed E-state index contributed by atoms with van der Waals surface area (Å²) in [6.45, 7) is 2.33. The maximum atomic E-state index is 10.8. The average Bonchev–Trinajstić information content (AvgIpc) is 2.79. The van der Waals surface area contributed by atoms with Gasteiger partial charge >= 0.3 is 5.97 Å². The van der Waals surface area contributed by atoms with Gasteiger partial charge in [-0.25, -0.2) is 4.79 Å². The van der Waals surface area contributed by atoms with Crippen LogP contribution in [0.2, 0.25) is 0 Å². The van der Waals surface area contributed by atoms with Crippen molar-refractivity contribution in [1.82, 2.24) is 10.5 Å². The minimum absolute atomic E-state index is 0.316. The molecule has 0 aliphatic heterocycles. The number of ether oxygens (including phenoxy) is 1. The van der Waals surface area contributed by atoms with E-state index in [1.54, 1.807) is 6.20 Å². The molecule has 1 aliphatic rings. The van der Waals surface area contributed by atoms with Crippen molar-refractivity contribution in [3.63, 3.8) is 0 Å². The van der Waals surface area contributed by atoms with Crippen LogP contribution in [0.5, 0.6) is 5.75 Å². The topological polar surface area (TPSA) is 80.7 Å². The molecule has 0 saturated heterocycles. The van der Waals surface area contributed by atoms with Gasteiger partial charge in [-0.1, -0.05) is 43.2 Å². The van der Waals surface area contributed by atoms with Crippen molar-refractivity contribution in [1.29, 1.82) is 0 Å². The van der Waals surface area contributed by atoms with Crippen molar-refractivity contribution >= 4 is 11.7 Å². The van der Waals surface area contributed by atoms with Crippen LogP contribution in [0, 0.1) is 0 Å². The van der Waals surface area contributed by atoms with E-state index >= 15 is 0 Å². The van der Waals surface area contributed by atoms with E-state index in [1.165, 1.54) is 11.1 Å². The summed E-state index contributed by atoms with van der Waals surface area (Å²) in [4.78, 5) is 20.7. The molecular weight excluding hydrogens is 392 g/mol. The van der Waals surface area contributed by atoms with Crippen LogP contribution in [-0.4, -0.2) is 29.3 Å². The Morgan fingerprint density at radius 2 is 2.16 bits per heavy atom. The van der Waals surface area contributed by atoms with Crippen molar-refractivity contribution in [2.45, 2.75) is 45.4 Å². The second kappa shape index (κ2) is 11.9. The van der Waals surface area contributed by atoms with Crippen LogP contribution in [0.3, 0.4) is 0 Å². The number of nitrogens with one attached hydrogen (secondary N) is 1. The normalized spacial score (nSPS) is 14.9. The van der Waals surface area contributed by atoms with Crippen LogP contribution < -0.4 is 10.2 Å². The number of aliphatic carboxylic acids is 1. The Labute approximate surface area is 183 Å². The number of nitrogens with zero attached hydrogens (tertiary/aromatic N) is 1. The van der Waals surface area contributed by atoms with E-state index in [-0.39, 0.29) is 6.61 Å². The van der Waals surface area contributed by atoms with Gasteiger partial charge in [0.2, 0.25) is 0 Å². The largest absolute Gasteiger partial charge is 0.482 e. The van der Waals surface area contributed by atoms with Gasteiger partial charge in [-0.15, -0.1) is 0 Å². The number of carboxylic acid groups (broad SMARTS) is 1. The highest BCUT2D eigenvalue weighted by Gasteiger charge is 2.17. The first kappa shape index (κ1) is 22.6. The van der Waals surface area contributed by atoms with E-state index in [9.17, 15) is 4.79 Å². The summed E-state index contributed by atoms with van der Waals surface area (Å²) in [5.74, 6) is -0.289. The lowest BCUT2D eigenvalue weighted by Gasteiger charge is -2.21. The number of unbranched alkanes of at least 4 members (excludes halogenated alkanes) is 2. The van der Waals surface area contributed by atoms with Crippen LogP contribution in [0.15, 0.2) is 60.5 Å². The summed E-state index contributed by atoms with van der Waals surface area (Å²) in [6, 6.07) is 9.76. The van der Waals surface area contributed by atoms with E-state index in [0.717, 1.165) is 55.3 Å². The Balaban J connectivity index is 1.56. The first-order valence-corrected chi connectivity index (χ1v) is 10.8. The lowest BCUT2D eigenvalue weighted by molar-refractivity contribution is -0.139. The number of hydroxylamine groups is 1.